The molecule has 4 N–H and O–H groups in total. The zero-order chi connectivity index (χ0) is 17.6. The molecule has 4 heterocycles. The van der Waals surface area contributed by atoms with Crippen LogP contribution in [0.2, 0.25) is 0 Å². The number of piperidine rings is 1. The minimum atomic E-state index is -0.242. The Morgan fingerprint density at radius 2 is 1.88 bits per heavy atom. The molecular formula is C17H33N7O. The summed E-state index contributed by atoms with van der Waals surface area (Å²) in [5, 5.41) is 6.95. The highest BCUT2D eigenvalue weighted by atomic mass is 16.1. The van der Waals surface area contributed by atoms with Crippen molar-refractivity contribution in [3.63, 3.8) is 0 Å². The van der Waals surface area contributed by atoms with E-state index in [2.05, 4.69) is 32.3 Å². The number of primary amides is 1. The predicted molar refractivity (Wildman–Crippen MR) is 99.6 cm³/mol. The van der Waals surface area contributed by atoms with Gasteiger partial charge in [0.25, 0.3) is 0 Å². The van der Waals surface area contributed by atoms with Gasteiger partial charge in [0.2, 0.25) is 5.91 Å². The van der Waals surface area contributed by atoms with E-state index in [0.29, 0.717) is 18.6 Å². The molecule has 1 atom stereocenters. The number of hydrogen-bond donors (Lipinski definition) is 3. The molecule has 0 aromatic rings. The molecule has 8 nitrogen and oxygen atoms in total. The Labute approximate surface area is 150 Å². The smallest absolute Gasteiger partial charge is 0.231 e. The molecule has 0 aromatic heterocycles. The van der Waals surface area contributed by atoms with E-state index in [-0.39, 0.29) is 5.91 Å². The van der Waals surface area contributed by atoms with E-state index < -0.39 is 0 Å². The molecule has 0 saturated carbocycles. The number of carbonyl (C=O) groups is 1. The van der Waals surface area contributed by atoms with Crippen LogP contribution < -0.4 is 16.4 Å². The van der Waals surface area contributed by atoms with Crippen molar-refractivity contribution in [3.05, 3.63) is 0 Å². The number of carbonyl (C=O) groups excluding carboxylic acids is 1. The van der Waals surface area contributed by atoms with Gasteiger partial charge < -0.3 is 16.4 Å². The molecular weight excluding hydrogens is 318 g/mol. The number of rotatable bonds is 6. The summed E-state index contributed by atoms with van der Waals surface area (Å²) in [5.74, 6) is 0.683. The predicted octanol–water partition coefficient (Wildman–Crippen LogP) is -1.51. The van der Waals surface area contributed by atoms with Gasteiger partial charge in [-0.2, -0.15) is 0 Å². The van der Waals surface area contributed by atoms with Gasteiger partial charge in [-0.15, -0.1) is 0 Å². The van der Waals surface area contributed by atoms with Gasteiger partial charge in [0.05, 0.1) is 13.1 Å². The molecule has 4 saturated heterocycles. The molecule has 1 unspecified atom stereocenters. The van der Waals surface area contributed by atoms with Crippen LogP contribution >= 0.6 is 0 Å². The summed E-state index contributed by atoms with van der Waals surface area (Å²) in [6, 6.07) is 0.962. The number of nitrogens with one attached hydrogen (secondary N) is 2. The number of aliphatic imine (C=N–C) groups is 1. The highest BCUT2D eigenvalue weighted by molar-refractivity contribution is 5.80. The van der Waals surface area contributed by atoms with Crippen molar-refractivity contribution in [1.29, 1.82) is 0 Å². The number of piperazine rings is 3. The summed E-state index contributed by atoms with van der Waals surface area (Å²) >= 11 is 0. The molecule has 142 valence electrons. The Bertz CT molecular complexity index is 468. The zero-order valence-corrected chi connectivity index (χ0v) is 15.4. The summed E-state index contributed by atoms with van der Waals surface area (Å²) in [4.78, 5) is 23.1. The van der Waals surface area contributed by atoms with Gasteiger partial charge >= 0.3 is 0 Å². The maximum atomic E-state index is 11.0. The topological polar surface area (TPSA) is 89.2 Å². The first-order chi connectivity index (χ1) is 12.1. The van der Waals surface area contributed by atoms with Crippen LogP contribution in [0.15, 0.2) is 4.99 Å². The van der Waals surface area contributed by atoms with E-state index in [1.165, 1.54) is 26.2 Å². The highest BCUT2D eigenvalue weighted by Gasteiger charge is 2.31. The van der Waals surface area contributed by atoms with Crippen LogP contribution in [-0.4, -0.2) is 104 Å². The number of hydrogen-bond acceptors (Lipinski definition) is 5. The second kappa shape index (κ2) is 8.82. The molecule has 4 aliphatic heterocycles. The standard InChI is InChI=1S/C17H33N7O/c1-2-19-17(20-11-15-12-23-7-9-24(15)10-8-23)21-14-3-5-22(6-4-14)13-16(18)25/h14-15H,2-13H2,1H3,(H2,18,25)(H2,19,20,21). The summed E-state index contributed by atoms with van der Waals surface area (Å²) in [5.41, 5.74) is 5.28. The van der Waals surface area contributed by atoms with Gasteiger partial charge in [-0.3, -0.25) is 24.5 Å². The van der Waals surface area contributed by atoms with Crippen molar-refractivity contribution in [2.75, 3.05) is 65.4 Å². The van der Waals surface area contributed by atoms with Crippen LogP contribution in [0.5, 0.6) is 0 Å². The van der Waals surface area contributed by atoms with Crippen molar-refractivity contribution >= 4 is 11.9 Å². The SMILES string of the molecule is CCNC(=NCC1CN2CCN1CC2)NC1CCN(CC(N)=O)CC1. The molecule has 4 aliphatic rings. The Morgan fingerprint density at radius 1 is 1.16 bits per heavy atom. The lowest BCUT2D eigenvalue weighted by atomic mass is 10.1. The fourth-order valence-corrected chi connectivity index (χ4v) is 4.06. The molecule has 0 radical (unpaired) electrons. The highest BCUT2D eigenvalue weighted by Crippen LogP contribution is 2.15. The van der Waals surface area contributed by atoms with Crippen molar-refractivity contribution in [2.45, 2.75) is 31.8 Å². The lowest BCUT2D eigenvalue weighted by Gasteiger charge is -2.47. The van der Waals surface area contributed by atoms with Crippen LogP contribution in [0.25, 0.3) is 0 Å². The largest absolute Gasteiger partial charge is 0.369 e. The minimum absolute atomic E-state index is 0.242. The molecule has 0 spiro atoms. The van der Waals surface area contributed by atoms with Crippen molar-refractivity contribution in [1.82, 2.24) is 25.3 Å². The average molecular weight is 351 g/mol. The van der Waals surface area contributed by atoms with Gasteiger partial charge in [0.1, 0.15) is 0 Å². The first-order valence-electron chi connectivity index (χ1n) is 9.66. The summed E-state index contributed by atoms with van der Waals surface area (Å²) in [6.45, 7) is 11.9. The van der Waals surface area contributed by atoms with Gasteiger partial charge in [-0.05, 0) is 19.8 Å². The number of nitrogens with two attached hydrogens (primary N) is 1. The van der Waals surface area contributed by atoms with E-state index in [1.54, 1.807) is 0 Å². The third-order valence-electron chi connectivity index (χ3n) is 5.50. The van der Waals surface area contributed by atoms with Crippen LogP contribution in [0, 0.1) is 0 Å². The second-order valence-corrected chi connectivity index (χ2v) is 7.37. The lowest BCUT2D eigenvalue weighted by molar-refractivity contribution is -0.119. The van der Waals surface area contributed by atoms with Crippen molar-refractivity contribution in [2.24, 2.45) is 10.7 Å². The minimum Gasteiger partial charge on any atom is -0.369 e. The van der Waals surface area contributed by atoms with E-state index in [1.807, 2.05) is 0 Å². The van der Waals surface area contributed by atoms with Gasteiger partial charge in [-0.25, -0.2) is 0 Å². The fraction of sp³-hybridized carbons (Fsp3) is 0.882. The van der Waals surface area contributed by atoms with Gasteiger partial charge in [0, 0.05) is 64.4 Å². The summed E-state index contributed by atoms with van der Waals surface area (Å²) < 4.78 is 0. The Morgan fingerprint density at radius 3 is 2.44 bits per heavy atom. The number of fused-ring (bicyclic) bond motifs is 3. The maximum absolute atomic E-state index is 11.0. The quantitative estimate of drug-likeness (QED) is 0.398. The van der Waals surface area contributed by atoms with Gasteiger partial charge in [0.15, 0.2) is 5.96 Å². The lowest BCUT2D eigenvalue weighted by Crippen LogP contribution is -2.62. The van der Waals surface area contributed by atoms with Crippen LogP contribution in [0.1, 0.15) is 19.8 Å². The summed E-state index contributed by atoms with van der Waals surface area (Å²) in [6.07, 6.45) is 2.03. The van der Waals surface area contributed by atoms with Crippen LogP contribution in [0.4, 0.5) is 0 Å². The van der Waals surface area contributed by atoms with Crippen molar-refractivity contribution < 1.29 is 4.79 Å². The Balaban J connectivity index is 1.47. The second-order valence-electron chi connectivity index (χ2n) is 7.37. The van der Waals surface area contributed by atoms with E-state index in [0.717, 1.165) is 51.5 Å². The molecule has 4 fully saturated rings. The third kappa shape index (κ3) is 5.29. The molecule has 0 aliphatic carbocycles. The van der Waals surface area contributed by atoms with Crippen molar-refractivity contribution in [3.8, 4) is 0 Å². The Hall–Kier alpha value is -1.38. The molecule has 4 rings (SSSR count). The number of amides is 1. The molecule has 8 heteroatoms. The third-order valence-corrected chi connectivity index (χ3v) is 5.50. The monoisotopic (exact) mass is 351 g/mol. The van der Waals surface area contributed by atoms with Crippen LogP contribution in [0.3, 0.4) is 0 Å². The van der Waals surface area contributed by atoms with Crippen LogP contribution in [-0.2, 0) is 4.79 Å². The number of likely N-dealkylation sites (tertiary alicyclic amines) is 1. The maximum Gasteiger partial charge on any atom is 0.231 e. The van der Waals surface area contributed by atoms with E-state index in [9.17, 15) is 4.79 Å². The molecule has 1 amide bonds. The number of nitrogens with zero attached hydrogens (tertiary/aromatic N) is 4. The van der Waals surface area contributed by atoms with Gasteiger partial charge in [-0.1, -0.05) is 0 Å². The fourth-order valence-electron chi connectivity index (χ4n) is 4.06. The average Bonchev–Trinajstić information content (AvgIpc) is 2.62. The normalized spacial score (nSPS) is 31.1. The number of guanidine groups is 1. The zero-order valence-electron chi connectivity index (χ0n) is 15.4. The molecule has 0 aromatic carbocycles. The molecule has 2 bridgehead atoms. The van der Waals surface area contributed by atoms with E-state index in [4.69, 9.17) is 10.7 Å². The first-order valence-corrected chi connectivity index (χ1v) is 9.66. The first kappa shape index (κ1) is 18.4. The molecule has 25 heavy (non-hydrogen) atoms. The van der Waals surface area contributed by atoms with E-state index >= 15 is 0 Å². The Kier molecular flexibility index (Phi) is 6.50. The summed E-state index contributed by atoms with van der Waals surface area (Å²) in [7, 11) is 0.